The molecule has 2 rings (SSSR count). The second-order valence-corrected chi connectivity index (χ2v) is 5.82. The molecule has 4 nitrogen and oxygen atoms in total. The van der Waals surface area contributed by atoms with E-state index < -0.39 is 0 Å². The Hall–Kier alpha value is -0.680. The summed E-state index contributed by atoms with van der Waals surface area (Å²) in [6.07, 6.45) is 2.12. The number of nitrogens with zero attached hydrogens (tertiary/aromatic N) is 2. The van der Waals surface area contributed by atoms with Gasteiger partial charge in [0.15, 0.2) is 5.82 Å². The highest BCUT2D eigenvalue weighted by atomic mass is 32.1. The van der Waals surface area contributed by atoms with Gasteiger partial charge in [0, 0.05) is 23.0 Å². The van der Waals surface area contributed by atoms with Crippen molar-refractivity contribution in [3.05, 3.63) is 5.82 Å². The number of rotatable bonds is 2. The molecule has 0 spiro atoms. The van der Waals surface area contributed by atoms with Crippen LogP contribution in [-0.4, -0.2) is 21.5 Å². The fourth-order valence-electron chi connectivity index (χ4n) is 1.41. The summed E-state index contributed by atoms with van der Waals surface area (Å²) < 4.78 is 9.95. The molecule has 0 saturated heterocycles. The van der Waals surface area contributed by atoms with Gasteiger partial charge in [0.1, 0.15) is 6.10 Å². The molecule has 0 aliphatic heterocycles. The summed E-state index contributed by atoms with van der Waals surface area (Å²) in [7, 11) is 0. The Morgan fingerprint density at radius 2 is 2.07 bits per heavy atom. The second kappa shape index (κ2) is 3.72. The van der Waals surface area contributed by atoms with E-state index in [1.807, 2.05) is 0 Å². The van der Waals surface area contributed by atoms with E-state index >= 15 is 0 Å². The Balaban J connectivity index is 1.96. The van der Waals surface area contributed by atoms with E-state index in [0.717, 1.165) is 18.7 Å². The predicted molar refractivity (Wildman–Crippen MR) is 60.2 cm³/mol. The molecule has 0 atom stereocenters. The van der Waals surface area contributed by atoms with Crippen molar-refractivity contribution >= 4 is 11.5 Å². The first-order valence-electron chi connectivity index (χ1n) is 5.21. The average Bonchev–Trinajstić information content (AvgIpc) is 2.49. The van der Waals surface area contributed by atoms with Gasteiger partial charge in [-0.1, -0.05) is 20.8 Å². The smallest absolute Gasteiger partial charge is 0.293 e. The van der Waals surface area contributed by atoms with Crippen LogP contribution >= 0.6 is 11.5 Å². The molecule has 1 aliphatic rings. The number of nitrogens with two attached hydrogens (primary N) is 1. The minimum atomic E-state index is -0.00583. The van der Waals surface area contributed by atoms with E-state index in [9.17, 15) is 0 Å². The van der Waals surface area contributed by atoms with E-state index in [0.29, 0.717) is 11.2 Å². The first-order valence-corrected chi connectivity index (χ1v) is 5.99. The van der Waals surface area contributed by atoms with Crippen LogP contribution < -0.4 is 10.5 Å². The number of hydrogen-bond acceptors (Lipinski definition) is 5. The molecule has 2 N–H and O–H groups in total. The Kier molecular flexibility index (Phi) is 2.68. The van der Waals surface area contributed by atoms with Gasteiger partial charge >= 0.3 is 0 Å². The number of hydrogen-bond donors (Lipinski definition) is 1. The van der Waals surface area contributed by atoms with E-state index in [1.165, 1.54) is 11.5 Å². The van der Waals surface area contributed by atoms with Crippen molar-refractivity contribution in [2.75, 3.05) is 0 Å². The molecule has 1 fully saturated rings. The van der Waals surface area contributed by atoms with Crippen LogP contribution in [0.2, 0.25) is 0 Å². The Morgan fingerprint density at radius 1 is 1.40 bits per heavy atom. The number of ether oxygens (including phenoxy) is 1. The maximum atomic E-state index is 5.68. The third kappa shape index (κ3) is 2.46. The minimum Gasteiger partial charge on any atom is -0.466 e. The van der Waals surface area contributed by atoms with Crippen LogP contribution in [0.25, 0.3) is 0 Å². The van der Waals surface area contributed by atoms with Gasteiger partial charge in [-0.2, -0.15) is 9.36 Å². The summed E-state index contributed by atoms with van der Waals surface area (Å²) in [5.41, 5.74) is 5.68. The molecule has 1 aromatic heterocycles. The highest BCUT2D eigenvalue weighted by Crippen LogP contribution is 2.28. The predicted octanol–water partition coefficient (Wildman–Crippen LogP) is 1.70. The molecule has 0 aromatic carbocycles. The van der Waals surface area contributed by atoms with Crippen LogP contribution in [0.1, 0.15) is 39.4 Å². The van der Waals surface area contributed by atoms with Crippen molar-refractivity contribution in [3.8, 4) is 5.19 Å². The lowest BCUT2D eigenvalue weighted by Crippen LogP contribution is -2.43. The molecule has 0 unspecified atom stereocenters. The van der Waals surface area contributed by atoms with Crippen molar-refractivity contribution < 1.29 is 4.74 Å². The first-order chi connectivity index (χ1) is 6.95. The van der Waals surface area contributed by atoms with Crippen LogP contribution in [0.5, 0.6) is 5.19 Å². The highest BCUT2D eigenvalue weighted by molar-refractivity contribution is 7.07. The fourth-order valence-corrected chi connectivity index (χ4v) is 2.19. The molecule has 1 heterocycles. The molecule has 1 saturated carbocycles. The van der Waals surface area contributed by atoms with Crippen LogP contribution in [0.15, 0.2) is 0 Å². The summed E-state index contributed by atoms with van der Waals surface area (Å²) in [4.78, 5) is 4.37. The molecule has 5 heteroatoms. The fraction of sp³-hybridized carbons (Fsp3) is 0.800. The number of aromatic nitrogens is 2. The summed E-state index contributed by atoms with van der Waals surface area (Å²) >= 11 is 1.33. The molecule has 15 heavy (non-hydrogen) atoms. The molecular formula is C10H17N3OS. The quantitative estimate of drug-likeness (QED) is 0.835. The third-order valence-corrected chi connectivity index (χ3v) is 3.08. The van der Waals surface area contributed by atoms with Gasteiger partial charge in [0.2, 0.25) is 0 Å². The SMILES string of the molecule is CC(C)(C)c1nsc(OC2CC(N)C2)n1. The maximum Gasteiger partial charge on any atom is 0.293 e. The molecular weight excluding hydrogens is 210 g/mol. The normalized spacial score (nSPS) is 26.1. The summed E-state index contributed by atoms with van der Waals surface area (Å²) in [5.74, 6) is 0.853. The van der Waals surface area contributed by atoms with E-state index in [2.05, 4.69) is 30.1 Å². The van der Waals surface area contributed by atoms with Gasteiger partial charge in [-0.15, -0.1) is 0 Å². The first kappa shape index (κ1) is 10.8. The van der Waals surface area contributed by atoms with E-state index in [1.54, 1.807) is 0 Å². The van der Waals surface area contributed by atoms with Gasteiger partial charge in [0.05, 0.1) is 0 Å². The monoisotopic (exact) mass is 227 g/mol. The molecule has 1 aliphatic carbocycles. The Morgan fingerprint density at radius 3 is 2.53 bits per heavy atom. The van der Waals surface area contributed by atoms with Crippen molar-refractivity contribution in [2.45, 2.75) is 51.2 Å². The Bertz CT molecular complexity index is 339. The third-order valence-electron chi connectivity index (χ3n) is 2.48. The van der Waals surface area contributed by atoms with Crippen LogP contribution in [0.3, 0.4) is 0 Å². The lowest BCUT2D eigenvalue weighted by molar-refractivity contribution is 0.100. The van der Waals surface area contributed by atoms with Gasteiger partial charge in [-0.25, -0.2) is 0 Å². The van der Waals surface area contributed by atoms with Crippen LogP contribution in [0.4, 0.5) is 0 Å². The zero-order valence-corrected chi connectivity index (χ0v) is 10.2. The zero-order chi connectivity index (χ0) is 11.1. The molecule has 0 radical (unpaired) electrons. The van der Waals surface area contributed by atoms with Gasteiger partial charge < -0.3 is 10.5 Å². The van der Waals surface area contributed by atoms with Crippen molar-refractivity contribution in [2.24, 2.45) is 5.73 Å². The van der Waals surface area contributed by atoms with Crippen molar-refractivity contribution in [1.82, 2.24) is 9.36 Å². The summed E-state index contributed by atoms with van der Waals surface area (Å²) in [6, 6.07) is 0.310. The second-order valence-electron chi connectivity index (χ2n) is 5.11. The Labute approximate surface area is 94.0 Å². The standard InChI is InChI=1S/C10H17N3OS/c1-10(2,3)8-12-9(15-13-8)14-7-4-6(11)5-7/h6-7H,4-5,11H2,1-3H3. The largest absolute Gasteiger partial charge is 0.466 e. The van der Waals surface area contributed by atoms with Gasteiger partial charge in [0.25, 0.3) is 5.19 Å². The van der Waals surface area contributed by atoms with Crippen LogP contribution in [0, 0.1) is 0 Å². The van der Waals surface area contributed by atoms with Gasteiger partial charge in [-0.3, -0.25) is 0 Å². The molecule has 1 aromatic rings. The van der Waals surface area contributed by atoms with E-state index in [4.69, 9.17) is 10.5 Å². The summed E-state index contributed by atoms with van der Waals surface area (Å²) in [5, 5.41) is 0.678. The minimum absolute atomic E-state index is 0.00583. The van der Waals surface area contributed by atoms with Gasteiger partial charge in [-0.05, 0) is 12.8 Å². The summed E-state index contributed by atoms with van der Waals surface area (Å²) in [6.45, 7) is 6.29. The lowest BCUT2D eigenvalue weighted by atomic mass is 9.90. The maximum absolute atomic E-state index is 5.68. The van der Waals surface area contributed by atoms with Crippen molar-refractivity contribution in [3.63, 3.8) is 0 Å². The van der Waals surface area contributed by atoms with E-state index in [-0.39, 0.29) is 11.5 Å². The van der Waals surface area contributed by atoms with Crippen molar-refractivity contribution in [1.29, 1.82) is 0 Å². The topological polar surface area (TPSA) is 61.0 Å². The average molecular weight is 227 g/mol. The molecule has 0 amide bonds. The molecule has 0 bridgehead atoms. The zero-order valence-electron chi connectivity index (χ0n) is 9.36. The highest BCUT2D eigenvalue weighted by Gasteiger charge is 2.29. The van der Waals surface area contributed by atoms with Crippen LogP contribution in [-0.2, 0) is 5.41 Å². The lowest BCUT2D eigenvalue weighted by Gasteiger charge is -2.31. The molecule has 84 valence electrons.